The maximum Gasteiger partial charge on any atom is 0.261 e. The fourth-order valence-electron chi connectivity index (χ4n) is 3.35. The fourth-order valence-corrected chi connectivity index (χ4v) is 3.35. The number of carbonyl (C=O) groups is 2. The maximum atomic E-state index is 13.1. The predicted molar refractivity (Wildman–Crippen MR) is 121 cm³/mol. The van der Waals surface area contributed by atoms with Crippen molar-refractivity contribution < 1.29 is 14.3 Å². The molecule has 5 nitrogen and oxygen atoms in total. The smallest absolute Gasteiger partial charge is 0.261 e. The molecule has 0 aliphatic rings. The molecular formula is C25H34N2O3. The lowest BCUT2D eigenvalue weighted by molar-refractivity contribution is -0.141. The van der Waals surface area contributed by atoms with Gasteiger partial charge in [0.2, 0.25) is 5.91 Å². The van der Waals surface area contributed by atoms with Crippen LogP contribution in [0.2, 0.25) is 0 Å². The van der Waals surface area contributed by atoms with Crippen molar-refractivity contribution in [3.05, 3.63) is 64.7 Å². The van der Waals surface area contributed by atoms with E-state index >= 15 is 0 Å². The molecule has 0 aromatic heterocycles. The highest BCUT2D eigenvalue weighted by Gasteiger charge is 2.26. The number of hydrogen-bond donors (Lipinski definition) is 1. The largest absolute Gasteiger partial charge is 0.483 e. The van der Waals surface area contributed by atoms with Gasteiger partial charge in [0.1, 0.15) is 11.8 Å². The molecule has 1 unspecified atom stereocenters. The lowest BCUT2D eigenvalue weighted by Gasteiger charge is -2.29. The Labute approximate surface area is 180 Å². The molecule has 0 aliphatic carbocycles. The molecule has 2 rings (SSSR count). The second-order valence-electron chi connectivity index (χ2n) is 8.16. The molecule has 0 saturated carbocycles. The number of nitrogens with one attached hydrogen (secondary N) is 1. The van der Waals surface area contributed by atoms with E-state index in [1.54, 1.807) is 11.8 Å². The Balaban J connectivity index is 2.13. The second kappa shape index (κ2) is 10.8. The van der Waals surface area contributed by atoms with Gasteiger partial charge in [-0.25, -0.2) is 0 Å². The van der Waals surface area contributed by atoms with E-state index in [4.69, 9.17) is 4.74 Å². The van der Waals surface area contributed by atoms with E-state index in [9.17, 15) is 9.59 Å². The summed E-state index contributed by atoms with van der Waals surface area (Å²) < 4.78 is 5.88. The first-order valence-corrected chi connectivity index (χ1v) is 10.5. The minimum Gasteiger partial charge on any atom is -0.483 e. The molecule has 1 atom stereocenters. The highest BCUT2D eigenvalue weighted by Crippen LogP contribution is 2.23. The SMILES string of the molecule is Cc1cc(C)c(C)c(OCC(=O)N(CCc2ccccc2)C(C)C(=O)NC(C)C)c1. The molecule has 0 spiro atoms. The summed E-state index contributed by atoms with van der Waals surface area (Å²) in [5.74, 6) is 0.355. The molecule has 2 amide bonds. The number of carbonyl (C=O) groups excluding carboxylic acids is 2. The molecular weight excluding hydrogens is 376 g/mol. The van der Waals surface area contributed by atoms with Crippen LogP contribution >= 0.6 is 0 Å². The van der Waals surface area contributed by atoms with Crippen LogP contribution in [0, 0.1) is 20.8 Å². The van der Waals surface area contributed by atoms with Crippen LogP contribution in [0.5, 0.6) is 5.75 Å². The van der Waals surface area contributed by atoms with Crippen LogP contribution in [0.25, 0.3) is 0 Å². The van der Waals surface area contributed by atoms with Crippen molar-refractivity contribution in [2.75, 3.05) is 13.2 Å². The van der Waals surface area contributed by atoms with Gasteiger partial charge in [-0.15, -0.1) is 0 Å². The van der Waals surface area contributed by atoms with Crippen molar-refractivity contribution in [2.24, 2.45) is 0 Å². The lowest BCUT2D eigenvalue weighted by Crippen LogP contribution is -2.51. The minimum atomic E-state index is -0.576. The number of amides is 2. The van der Waals surface area contributed by atoms with Crippen molar-refractivity contribution >= 4 is 11.8 Å². The number of benzene rings is 2. The molecule has 30 heavy (non-hydrogen) atoms. The minimum absolute atomic E-state index is 0.0141. The summed E-state index contributed by atoms with van der Waals surface area (Å²) in [7, 11) is 0. The van der Waals surface area contributed by atoms with Crippen molar-refractivity contribution in [2.45, 2.75) is 60.0 Å². The van der Waals surface area contributed by atoms with Gasteiger partial charge in [0.05, 0.1) is 0 Å². The number of hydrogen-bond acceptors (Lipinski definition) is 3. The predicted octanol–water partition coefficient (Wildman–Crippen LogP) is 3.98. The summed E-state index contributed by atoms with van der Waals surface area (Å²) in [4.78, 5) is 27.3. The molecule has 2 aromatic rings. The molecule has 0 fully saturated rings. The van der Waals surface area contributed by atoms with E-state index < -0.39 is 6.04 Å². The topological polar surface area (TPSA) is 58.6 Å². The number of rotatable bonds is 9. The molecule has 162 valence electrons. The van der Waals surface area contributed by atoms with E-state index in [-0.39, 0.29) is 24.5 Å². The Bertz CT molecular complexity index is 862. The van der Waals surface area contributed by atoms with Gasteiger partial charge in [-0.3, -0.25) is 9.59 Å². The van der Waals surface area contributed by atoms with E-state index in [0.29, 0.717) is 18.7 Å². The Morgan fingerprint density at radius 1 is 1.03 bits per heavy atom. The summed E-state index contributed by atoms with van der Waals surface area (Å²) in [5, 5.41) is 2.90. The highest BCUT2D eigenvalue weighted by atomic mass is 16.5. The molecule has 5 heteroatoms. The van der Waals surface area contributed by atoms with Gasteiger partial charge in [0, 0.05) is 12.6 Å². The molecule has 0 radical (unpaired) electrons. The molecule has 0 heterocycles. The van der Waals surface area contributed by atoms with Gasteiger partial charge in [-0.1, -0.05) is 36.4 Å². The Hall–Kier alpha value is -2.82. The summed E-state index contributed by atoms with van der Waals surface area (Å²) in [6.07, 6.45) is 0.675. The molecule has 0 saturated heterocycles. The first kappa shape index (κ1) is 23.5. The zero-order valence-corrected chi connectivity index (χ0v) is 19.0. The van der Waals surface area contributed by atoms with Gasteiger partial charge < -0.3 is 15.0 Å². The van der Waals surface area contributed by atoms with Gasteiger partial charge >= 0.3 is 0 Å². The molecule has 2 aromatic carbocycles. The number of nitrogens with zero attached hydrogens (tertiary/aromatic N) is 1. The Morgan fingerprint density at radius 3 is 2.33 bits per heavy atom. The third kappa shape index (κ3) is 6.61. The van der Waals surface area contributed by atoms with Gasteiger partial charge in [-0.2, -0.15) is 0 Å². The van der Waals surface area contributed by atoms with Crippen LogP contribution in [0.4, 0.5) is 0 Å². The Kier molecular flexibility index (Phi) is 8.46. The summed E-state index contributed by atoms with van der Waals surface area (Å²) in [6.45, 7) is 12.0. The normalized spacial score (nSPS) is 11.8. The standard InChI is InChI=1S/C25H34N2O3/c1-17(2)26-25(29)21(6)27(13-12-22-10-8-7-9-11-22)24(28)16-30-23-15-18(3)14-19(4)20(23)5/h7-11,14-15,17,21H,12-13,16H2,1-6H3,(H,26,29). The average Bonchev–Trinajstić information content (AvgIpc) is 2.69. The fraction of sp³-hybridized carbons (Fsp3) is 0.440. The van der Waals surface area contributed by atoms with Crippen LogP contribution in [0.1, 0.15) is 43.0 Å². The van der Waals surface area contributed by atoms with Gasteiger partial charge in [0.15, 0.2) is 6.61 Å². The zero-order chi connectivity index (χ0) is 22.3. The van der Waals surface area contributed by atoms with Crippen LogP contribution in [-0.4, -0.2) is 41.9 Å². The lowest BCUT2D eigenvalue weighted by atomic mass is 10.1. The van der Waals surface area contributed by atoms with E-state index in [1.807, 2.05) is 71.0 Å². The second-order valence-corrected chi connectivity index (χ2v) is 8.16. The maximum absolute atomic E-state index is 13.1. The van der Waals surface area contributed by atoms with E-state index in [0.717, 1.165) is 22.3 Å². The quantitative estimate of drug-likeness (QED) is 0.680. The molecule has 0 bridgehead atoms. The third-order valence-corrected chi connectivity index (χ3v) is 5.20. The van der Waals surface area contributed by atoms with E-state index in [2.05, 4.69) is 11.4 Å². The summed E-state index contributed by atoms with van der Waals surface area (Å²) in [5.41, 5.74) is 4.36. The molecule has 1 N–H and O–H groups in total. The first-order chi connectivity index (χ1) is 14.2. The summed E-state index contributed by atoms with van der Waals surface area (Å²) >= 11 is 0. The average molecular weight is 411 g/mol. The van der Waals surface area contributed by atoms with Crippen molar-refractivity contribution in [3.63, 3.8) is 0 Å². The first-order valence-electron chi connectivity index (χ1n) is 10.5. The summed E-state index contributed by atoms with van der Waals surface area (Å²) in [6, 6.07) is 13.4. The van der Waals surface area contributed by atoms with Crippen LogP contribution in [0.15, 0.2) is 42.5 Å². The van der Waals surface area contributed by atoms with Gasteiger partial charge in [0.25, 0.3) is 5.91 Å². The third-order valence-electron chi connectivity index (χ3n) is 5.20. The highest BCUT2D eigenvalue weighted by molar-refractivity contribution is 5.88. The van der Waals surface area contributed by atoms with Crippen LogP contribution in [-0.2, 0) is 16.0 Å². The van der Waals surface area contributed by atoms with Crippen LogP contribution in [0.3, 0.4) is 0 Å². The van der Waals surface area contributed by atoms with Crippen LogP contribution < -0.4 is 10.1 Å². The molecule has 0 aliphatic heterocycles. The van der Waals surface area contributed by atoms with Crippen molar-refractivity contribution in [3.8, 4) is 5.75 Å². The Morgan fingerprint density at radius 2 is 1.70 bits per heavy atom. The van der Waals surface area contributed by atoms with Crippen molar-refractivity contribution in [1.29, 1.82) is 0 Å². The number of ether oxygens (including phenoxy) is 1. The van der Waals surface area contributed by atoms with Crippen molar-refractivity contribution in [1.82, 2.24) is 10.2 Å². The monoisotopic (exact) mass is 410 g/mol. The van der Waals surface area contributed by atoms with Gasteiger partial charge in [-0.05, 0) is 76.3 Å². The number of aryl methyl sites for hydroxylation is 2. The zero-order valence-electron chi connectivity index (χ0n) is 19.0. The van der Waals surface area contributed by atoms with E-state index in [1.165, 1.54) is 0 Å².